The van der Waals surface area contributed by atoms with E-state index in [0.717, 1.165) is 25.9 Å². The van der Waals surface area contributed by atoms with Crippen molar-refractivity contribution in [3.8, 4) is 0 Å². The molecule has 1 saturated heterocycles. The van der Waals surface area contributed by atoms with Crippen LogP contribution in [0, 0.1) is 0 Å². The highest BCUT2D eigenvalue weighted by Gasteiger charge is 2.29. The van der Waals surface area contributed by atoms with Gasteiger partial charge in [-0.05, 0) is 46.7 Å². The van der Waals surface area contributed by atoms with Crippen molar-refractivity contribution < 1.29 is 14.4 Å². The van der Waals surface area contributed by atoms with Crippen molar-refractivity contribution >= 4 is 6.09 Å². The van der Waals surface area contributed by atoms with Gasteiger partial charge in [0.1, 0.15) is 5.60 Å². The molecule has 1 N–H and O–H groups in total. The van der Waals surface area contributed by atoms with E-state index in [1.54, 1.807) is 0 Å². The van der Waals surface area contributed by atoms with Gasteiger partial charge in [-0.3, -0.25) is 4.84 Å². The lowest BCUT2D eigenvalue weighted by atomic mass is 10.1. The maximum atomic E-state index is 11.8. The van der Waals surface area contributed by atoms with Gasteiger partial charge in [0.2, 0.25) is 0 Å². The third-order valence-corrected chi connectivity index (χ3v) is 2.41. The van der Waals surface area contributed by atoms with Crippen LogP contribution in [0.2, 0.25) is 0 Å². The van der Waals surface area contributed by atoms with Gasteiger partial charge in [-0.25, -0.2) is 4.79 Å². The van der Waals surface area contributed by atoms with Gasteiger partial charge < -0.3 is 10.1 Å². The molecule has 0 atom stereocenters. The van der Waals surface area contributed by atoms with Crippen LogP contribution in [0.25, 0.3) is 0 Å². The van der Waals surface area contributed by atoms with Crippen LogP contribution in [0.4, 0.5) is 4.79 Å². The quantitative estimate of drug-likeness (QED) is 0.731. The maximum Gasteiger partial charge on any atom is 0.434 e. The van der Waals surface area contributed by atoms with Gasteiger partial charge in [-0.1, -0.05) is 0 Å². The number of nitrogens with one attached hydrogen (secondary N) is 1. The summed E-state index contributed by atoms with van der Waals surface area (Å²) < 4.78 is 5.29. The highest BCUT2D eigenvalue weighted by molar-refractivity contribution is 5.67. The molecule has 0 aliphatic carbocycles. The fourth-order valence-electron chi connectivity index (χ4n) is 1.72. The molecule has 1 rings (SSSR count). The van der Waals surface area contributed by atoms with Crippen LogP contribution in [0.1, 0.15) is 33.6 Å². The van der Waals surface area contributed by atoms with E-state index in [-0.39, 0.29) is 6.04 Å². The van der Waals surface area contributed by atoms with E-state index < -0.39 is 11.7 Å². The molecule has 0 aromatic carbocycles. The van der Waals surface area contributed by atoms with Crippen LogP contribution in [0.15, 0.2) is 0 Å². The third kappa shape index (κ3) is 3.98. The molecule has 0 bridgehead atoms. The first kappa shape index (κ1) is 13.3. The summed E-state index contributed by atoms with van der Waals surface area (Å²) in [6.45, 7) is 7.37. The van der Waals surface area contributed by atoms with Crippen LogP contribution in [-0.2, 0) is 9.57 Å². The second kappa shape index (κ2) is 5.50. The number of rotatable bonds is 2. The average Bonchev–Trinajstić information content (AvgIpc) is 2.17. The SMILES string of the molecule is CON(C(=O)OC(C)(C)C)C1CCNCC1. The number of carbonyl (C=O) groups excluding carboxylic acids is 1. The normalized spacial score (nSPS) is 18.2. The van der Waals surface area contributed by atoms with Gasteiger partial charge in [0.05, 0.1) is 13.2 Å². The average molecular weight is 230 g/mol. The Bertz CT molecular complexity index is 232. The Morgan fingerprint density at radius 2 is 1.88 bits per heavy atom. The first-order chi connectivity index (χ1) is 7.44. The zero-order valence-corrected chi connectivity index (χ0v) is 10.6. The minimum Gasteiger partial charge on any atom is -0.442 e. The van der Waals surface area contributed by atoms with E-state index in [9.17, 15) is 4.79 Å². The molecule has 5 nitrogen and oxygen atoms in total. The Balaban J connectivity index is 2.55. The molecular formula is C11H22N2O3. The summed E-state index contributed by atoms with van der Waals surface area (Å²) in [6.07, 6.45) is 1.39. The number of carbonyl (C=O) groups is 1. The molecule has 1 fully saturated rings. The monoisotopic (exact) mass is 230 g/mol. The Hall–Kier alpha value is -0.810. The predicted octanol–water partition coefficient (Wildman–Crippen LogP) is 1.54. The number of hydroxylamine groups is 2. The smallest absolute Gasteiger partial charge is 0.434 e. The highest BCUT2D eigenvalue weighted by atomic mass is 16.7. The molecular weight excluding hydrogens is 208 g/mol. The Kier molecular flexibility index (Phi) is 4.56. The van der Waals surface area contributed by atoms with E-state index in [4.69, 9.17) is 9.57 Å². The molecule has 1 aliphatic heterocycles. The van der Waals surface area contributed by atoms with Crippen molar-refractivity contribution in [3.05, 3.63) is 0 Å². The Morgan fingerprint density at radius 1 is 1.31 bits per heavy atom. The van der Waals surface area contributed by atoms with Crippen molar-refractivity contribution in [3.63, 3.8) is 0 Å². The Labute approximate surface area is 97.0 Å². The molecule has 0 saturated carbocycles. The lowest BCUT2D eigenvalue weighted by molar-refractivity contribution is -0.152. The Morgan fingerprint density at radius 3 is 2.31 bits per heavy atom. The summed E-state index contributed by atoms with van der Waals surface area (Å²) in [5.74, 6) is 0. The summed E-state index contributed by atoms with van der Waals surface area (Å²) in [7, 11) is 1.51. The summed E-state index contributed by atoms with van der Waals surface area (Å²) in [4.78, 5) is 17.0. The number of piperidine rings is 1. The first-order valence-corrected chi connectivity index (χ1v) is 5.71. The maximum absolute atomic E-state index is 11.8. The van der Waals surface area contributed by atoms with Crippen molar-refractivity contribution in [2.75, 3.05) is 20.2 Å². The standard InChI is InChI=1S/C11H22N2O3/c1-11(2,3)16-10(14)13(15-4)9-5-7-12-8-6-9/h9,12H,5-8H2,1-4H3. The number of hydrogen-bond acceptors (Lipinski definition) is 4. The molecule has 16 heavy (non-hydrogen) atoms. The van der Waals surface area contributed by atoms with Crippen LogP contribution >= 0.6 is 0 Å². The highest BCUT2D eigenvalue weighted by Crippen LogP contribution is 2.16. The van der Waals surface area contributed by atoms with E-state index in [2.05, 4.69) is 5.32 Å². The van der Waals surface area contributed by atoms with Crippen molar-refractivity contribution in [2.45, 2.75) is 45.3 Å². The van der Waals surface area contributed by atoms with E-state index >= 15 is 0 Å². The lowest BCUT2D eigenvalue weighted by Crippen LogP contribution is -2.47. The number of ether oxygens (including phenoxy) is 1. The van der Waals surface area contributed by atoms with E-state index in [1.807, 2.05) is 20.8 Å². The molecule has 0 aromatic heterocycles. The third-order valence-electron chi connectivity index (χ3n) is 2.41. The minimum atomic E-state index is -0.485. The van der Waals surface area contributed by atoms with Gasteiger partial charge >= 0.3 is 6.09 Å². The van der Waals surface area contributed by atoms with Gasteiger partial charge in [0.25, 0.3) is 0 Å². The molecule has 94 valence electrons. The van der Waals surface area contributed by atoms with Gasteiger partial charge in [0, 0.05) is 0 Å². The van der Waals surface area contributed by atoms with Crippen LogP contribution in [0.3, 0.4) is 0 Å². The molecule has 0 spiro atoms. The molecule has 5 heteroatoms. The number of nitrogens with zero attached hydrogens (tertiary/aromatic N) is 1. The summed E-state index contributed by atoms with van der Waals surface area (Å²) >= 11 is 0. The fourth-order valence-corrected chi connectivity index (χ4v) is 1.72. The van der Waals surface area contributed by atoms with Gasteiger partial charge in [0.15, 0.2) is 0 Å². The second-order valence-electron chi connectivity index (χ2n) is 4.97. The van der Waals surface area contributed by atoms with Crippen molar-refractivity contribution in [2.24, 2.45) is 0 Å². The van der Waals surface area contributed by atoms with E-state index in [0.29, 0.717) is 0 Å². The largest absolute Gasteiger partial charge is 0.442 e. The first-order valence-electron chi connectivity index (χ1n) is 5.71. The van der Waals surface area contributed by atoms with Gasteiger partial charge in [-0.15, -0.1) is 0 Å². The lowest BCUT2D eigenvalue weighted by Gasteiger charge is -2.33. The molecule has 1 amide bonds. The molecule has 0 radical (unpaired) electrons. The molecule has 1 heterocycles. The minimum absolute atomic E-state index is 0.112. The second-order valence-corrected chi connectivity index (χ2v) is 4.97. The molecule has 0 aromatic rings. The fraction of sp³-hybridized carbons (Fsp3) is 0.909. The van der Waals surface area contributed by atoms with Crippen LogP contribution in [-0.4, -0.2) is 43.0 Å². The molecule has 0 unspecified atom stereocenters. The topological polar surface area (TPSA) is 50.8 Å². The predicted molar refractivity (Wildman–Crippen MR) is 61.0 cm³/mol. The summed E-state index contributed by atoms with van der Waals surface area (Å²) in [5, 5.41) is 4.60. The number of hydrogen-bond donors (Lipinski definition) is 1. The van der Waals surface area contributed by atoms with E-state index in [1.165, 1.54) is 12.2 Å². The number of amides is 1. The van der Waals surface area contributed by atoms with Crippen molar-refractivity contribution in [1.82, 2.24) is 10.4 Å². The zero-order valence-electron chi connectivity index (χ0n) is 10.6. The summed E-state index contributed by atoms with van der Waals surface area (Å²) in [6, 6.07) is 0.112. The van der Waals surface area contributed by atoms with Gasteiger partial charge in [-0.2, -0.15) is 5.06 Å². The van der Waals surface area contributed by atoms with Crippen molar-refractivity contribution in [1.29, 1.82) is 0 Å². The zero-order chi connectivity index (χ0) is 12.2. The van der Waals surface area contributed by atoms with Crippen LogP contribution < -0.4 is 5.32 Å². The van der Waals surface area contributed by atoms with Crippen LogP contribution in [0.5, 0.6) is 0 Å². The molecule has 1 aliphatic rings. The summed E-state index contributed by atoms with van der Waals surface area (Å²) in [5.41, 5.74) is -0.485.